The summed E-state index contributed by atoms with van der Waals surface area (Å²) in [5.41, 5.74) is 6.32. The molecule has 0 saturated carbocycles. The Labute approximate surface area is 131 Å². The Hall–Kier alpha value is -1.88. The number of carbonyl (C=O) groups is 2. The molecule has 1 aliphatic heterocycles. The Kier molecular flexibility index (Phi) is 5.95. The highest BCUT2D eigenvalue weighted by Gasteiger charge is 2.27. The van der Waals surface area contributed by atoms with Crippen LogP contribution in [0, 0.1) is 12.3 Å². The maximum absolute atomic E-state index is 12.1. The zero-order valence-electron chi connectivity index (χ0n) is 12.9. The van der Waals surface area contributed by atoms with E-state index in [9.17, 15) is 9.59 Å². The van der Waals surface area contributed by atoms with Crippen LogP contribution in [-0.4, -0.2) is 35.9 Å². The third-order valence-electron chi connectivity index (χ3n) is 3.92. The van der Waals surface area contributed by atoms with Gasteiger partial charge in [-0.2, -0.15) is 0 Å². The van der Waals surface area contributed by atoms with Gasteiger partial charge in [0.2, 0.25) is 11.8 Å². The van der Waals surface area contributed by atoms with E-state index in [2.05, 4.69) is 0 Å². The van der Waals surface area contributed by atoms with E-state index in [1.807, 2.05) is 30.3 Å². The van der Waals surface area contributed by atoms with Gasteiger partial charge in [0, 0.05) is 19.0 Å². The lowest BCUT2D eigenvalue weighted by Crippen LogP contribution is -2.31. The summed E-state index contributed by atoms with van der Waals surface area (Å²) in [6, 6.07) is 9.99. The molecule has 1 heterocycles. The largest absolute Gasteiger partial charge is 0.372 e. The van der Waals surface area contributed by atoms with Gasteiger partial charge in [-0.3, -0.25) is 9.59 Å². The summed E-state index contributed by atoms with van der Waals surface area (Å²) in [4.78, 5) is 24.8. The molecular formula is C17H23N2O3. The van der Waals surface area contributed by atoms with Gasteiger partial charge in [-0.1, -0.05) is 37.3 Å². The van der Waals surface area contributed by atoms with Crippen molar-refractivity contribution >= 4 is 11.8 Å². The maximum Gasteiger partial charge on any atom is 0.226 e. The first-order valence-electron chi connectivity index (χ1n) is 7.63. The number of rotatable bonds is 7. The smallest absolute Gasteiger partial charge is 0.226 e. The standard InChI is InChI=1S/C17H23N2O3/c1-13(17(18)21)7-8-16(20)19-10-9-15(11-19)22-12-14-5-3-2-4-6-14/h2-6,8,13,15H,7,9-12H2,1H3,(H2,18,21)/t13-,15-/m0/s1. The molecule has 2 atom stereocenters. The highest BCUT2D eigenvalue weighted by atomic mass is 16.5. The van der Waals surface area contributed by atoms with Gasteiger partial charge in [0.05, 0.1) is 19.1 Å². The molecule has 1 radical (unpaired) electrons. The molecule has 1 fully saturated rings. The number of benzene rings is 1. The van der Waals surface area contributed by atoms with Gasteiger partial charge >= 0.3 is 0 Å². The van der Waals surface area contributed by atoms with Gasteiger partial charge in [0.25, 0.3) is 0 Å². The van der Waals surface area contributed by atoms with Crippen molar-refractivity contribution in [3.05, 3.63) is 42.3 Å². The first-order valence-corrected chi connectivity index (χ1v) is 7.63. The van der Waals surface area contributed by atoms with Crippen LogP contribution < -0.4 is 5.73 Å². The van der Waals surface area contributed by atoms with Gasteiger partial charge in [-0.25, -0.2) is 0 Å². The number of nitrogens with zero attached hydrogens (tertiary/aromatic N) is 1. The minimum absolute atomic E-state index is 0.0427. The number of hydrogen-bond donors (Lipinski definition) is 1. The quantitative estimate of drug-likeness (QED) is 0.830. The second-order valence-corrected chi connectivity index (χ2v) is 5.73. The number of carbonyl (C=O) groups excluding carboxylic acids is 2. The molecule has 1 aromatic rings. The number of nitrogens with two attached hydrogens (primary N) is 1. The Balaban J connectivity index is 1.70. The summed E-state index contributed by atoms with van der Waals surface area (Å²) < 4.78 is 5.85. The Bertz CT molecular complexity index is 504. The fourth-order valence-electron chi connectivity index (χ4n) is 2.38. The number of hydrogen-bond acceptors (Lipinski definition) is 3. The van der Waals surface area contributed by atoms with Crippen LogP contribution in [0.5, 0.6) is 0 Å². The van der Waals surface area contributed by atoms with Gasteiger partial charge < -0.3 is 15.4 Å². The molecule has 2 N–H and O–H groups in total. The zero-order valence-corrected chi connectivity index (χ0v) is 12.9. The summed E-state index contributed by atoms with van der Waals surface area (Å²) in [5.74, 6) is -0.731. The molecule has 0 aromatic heterocycles. The average molecular weight is 303 g/mol. The van der Waals surface area contributed by atoms with E-state index in [0.717, 1.165) is 12.0 Å². The summed E-state index contributed by atoms with van der Waals surface area (Å²) in [5, 5.41) is 0. The van der Waals surface area contributed by atoms with Gasteiger partial charge in [-0.05, 0) is 18.4 Å². The molecule has 0 unspecified atom stereocenters. The molecule has 1 aromatic carbocycles. The lowest BCUT2D eigenvalue weighted by atomic mass is 10.0. The van der Waals surface area contributed by atoms with E-state index in [4.69, 9.17) is 10.5 Å². The minimum atomic E-state index is -0.380. The summed E-state index contributed by atoms with van der Waals surface area (Å²) in [7, 11) is 0. The lowest BCUT2D eigenvalue weighted by molar-refractivity contribution is -0.127. The first-order chi connectivity index (χ1) is 10.6. The minimum Gasteiger partial charge on any atom is -0.372 e. The molecule has 0 spiro atoms. The zero-order chi connectivity index (χ0) is 15.9. The van der Waals surface area contributed by atoms with Crippen molar-refractivity contribution in [1.29, 1.82) is 0 Å². The molecule has 0 bridgehead atoms. The number of ether oxygens (including phenoxy) is 1. The SMILES string of the molecule is C[C@@H](C[CH]C(=O)N1CC[C@H](OCc2ccccc2)C1)C(N)=O. The van der Waals surface area contributed by atoms with Crippen LogP contribution in [0.3, 0.4) is 0 Å². The number of primary amides is 1. The van der Waals surface area contributed by atoms with Crippen molar-refractivity contribution in [2.75, 3.05) is 13.1 Å². The van der Waals surface area contributed by atoms with Crippen molar-refractivity contribution in [2.24, 2.45) is 11.7 Å². The van der Waals surface area contributed by atoms with Crippen LogP contribution in [0.25, 0.3) is 0 Å². The van der Waals surface area contributed by atoms with Gasteiger partial charge in [0.1, 0.15) is 0 Å². The van der Waals surface area contributed by atoms with Crippen LogP contribution in [0.4, 0.5) is 0 Å². The second-order valence-electron chi connectivity index (χ2n) is 5.73. The lowest BCUT2D eigenvalue weighted by Gasteiger charge is -2.17. The molecule has 5 nitrogen and oxygen atoms in total. The second kappa shape index (κ2) is 7.94. The van der Waals surface area contributed by atoms with E-state index in [0.29, 0.717) is 26.1 Å². The molecule has 2 amide bonds. The van der Waals surface area contributed by atoms with Crippen LogP contribution in [0.2, 0.25) is 0 Å². The third kappa shape index (κ3) is 4.84. The van der Waals surface area contributed by atoms with Crippen molar-refractivity contribution < 1.29 is 14.3 Å². The Morgan fingerprint density at radius 1 is 1.41 bits per heavy atom. The molecule has 1 saturated heterocycles. The van der Waals surface area contributed by atoms with E-state index in [-0.39, 0.29) is 23.8 Å². The molecule has 1 aliphatic rings. The molecular weight excluding hydrogens is 280 g/mol. The molecule has 119 valence electrons. The average Bonchev–Trinajstić information content (AvgIpc) is 3.00. The summed E-state index contributed by atoms with van der Waals surface area (Å²) in [6.45, 7) is 3.59. The first kappa shape index (κ1) is 16.5. The van der Waals surface area contributed by atoms with Crippen LogP contribution >= 0.6 is 0 Å². The fourth-order valence-corrected chi connectivity index (χ4v) is 2.38. The van der Waals surface area contributed by atoms with E-state index >= 15 is 0 Å². The van der Waals surface area contributed by atoms with E-state index in [1.54, 1.807) is 18.2 Å². The topological polar surface area (TPSA) is 72.6 Å². The molecule has 2 rings (SSSR count). The Morgan fingerprint density at radius 2 is 2.14 bits per heavy atom. The van der Waals surface area contributed by atoms with Gasteiger partial charge in [0.15, 0.2) is 0 Å². The number of likely N-dealkylation sites (tertiary alicyclic amines) is 1. The highest BCUT2D eigenvalue weighted by molar-refractivity contribution is 5.86. The summed E-state index contributed by atoms with van der Waals surface area (Å²) in [6.07, 6.45) is 2.86. The molecule has 22 heavy (non-hydrogen) atoms. The van der Waals surface area contributed by atoms with Crippen LogP contribution in [0.15, 0.2) is 30.3 Å². The highest BCUT2D eigenvalue weighted by Crippen LogP contribution is 2.17. The van der Waals surface area contributed by atoms with Crippen molar-refractivity contribution in [2.45, 2.75) is 32.5 Å². The normalized spacial score (nSPS) is 19.1. The number of amides is 2. The maximum atomic E-state index is 12.1. The third-order valence-corrected chi connectivity index (χ3v) is 3.92. The molecule has 5 heteroatoms. The molecule has 0 aliphatic carbocycles. The van der Waals surface area contributed by atoms with Gasteiger partial charge in [-0.15, -0.1) is 0 Å². The van der Waals surface area contributed by atoms with Crippen LogP contribution in [-0.2, 0) is 20.9 Å². The Morgan fingerprint density at radius 3 is 2.82 bits per heavy atom. The predicted molar refractivity (Wildman–Crippen MR) is 83.5 cm³/mol. The summed E-state index contributed by atoms with van der Waals surface area (Å²) >= 11 is 0. The van der Waals surface area contributed by atoms with Crippen molar-refractivity contribution in [3.8, 4) is 0 Å². The van der Waals surface area contributed by atoms with Crippen LogP contribution in [0.1, 0.15) is 25.3 Å². The predicted octanol–water partition coefficient (Wildman–Crippen LogP) is 1.52. The van der Waals surface area contributed by atoms with Crippen molar-refractivity contribution in [1.82, 2.24) is 4.90 Å². The fraction of sp³-hybridized carbons (Fsp3) is 0.471. The van der Waals surface area contributed by atoms with E-state index in [1.165, 1.54) is 0 Å². The van der Waals surface area contributed by atoms with E-state index < -0.39 is 0 Å². The van der Waals surface area contributed by atoms with Crippen molar-refractivity contribution in [3.63, 3.8) is 0 Å². The monoisotopic (exact) mass is 303 g/mol.